The zero-order chi connectivity index (χ0) is 22.2. The van der Waals surface area contributed by atoms with Gasteiger partial charge in [0.05, 0.1) is 30.2 Å². The fourth-order valence-electron chi connectivity index (χ4n) is 3.18. The smallest absolute Gasteiger partial charge is 0.337 e. The van der Waals surface area contributed by atoms with Gasteiger partial charge in [0.2, 0.25) is 0 Å². The highest BCUT2D eigenvalue weighted by molar-refractivity contribution is 8.13. The molecule has 13 heteroatoms. The second-order valence-electron chi connectivity index (χ2n) is 6.68. The highest BCUT2D eigenvalue weighted by atomic mass is 35.7. The minimum Gasteiger partial charge on any atom is -0.493 e. The number of rotatable bonds is 8. The third kappa shape index (κ3) is 3.89. The van der Waals surface area contributed by atoms with Gasteiger partial charge in [-0.15, -0.1) is 10.2 Å². The van der Waals surface area contributed by atoms with Crippen LogP contribution in [0.2, 0.25) is 0 Å². The molecular formula is C18H19ClN6O5S. The highest BCUT2D eigenvalue weighted by Gasteiger charge is 2.21. The van der Waals surface area contributed by atoms with Crippen LogP contribution in [0, 0.1) is 0 Å². The molecule has 164 valence electrons. The number of halogens is 1. The van der Waals surface area contributed by atoms with E-state index in [0.29, 0.717) is 40.6 Å². The Morgan fingerprint density at radius 1 is 1.23 bits per heavy atom. The van der Waals surface area contributed by atoms with Gasteiger partial charge >= 0.3 is 5.69 Å². The lowest BCUT2D eigenvalue weighted by molar-refractivity contribution is 0.187. The Balaban J connectivity index is 1.99. The SMILES string of the molecule is CCCOc1ccc(S(=O)(=O)Cl)cc1-c1nc2c([nH]1)c1nncn1c(=O)n2CCOC. The molecule has 31 heavy (non-hydrogen) atoms. The van der Waals surface area contributed by atoms with Crippen LogP contribution >= 0.6 is 10.7 Å². The zero-order valence-electron chi connectivity index (χ0n) is 16.7. The molecule has 0 fully saturated rings. The summed E-state index contributed by atoms with van der Waals surface area (Å²) in [6.45, 7) is 2.91. The van der Waals surface area contributed by atoms with E-state index in [1.807, 2.05) is 6.92 Å². The summed E-state index contributed by atoms with van der Waals surface area (Å²) in [5.74, 6) is 0.721. The Kier molecular flexibility index (Phi) is 5.69. The first-order valence-electron chi connectivity index (χ1n) is 9.38. The van der Waals surface area contributed by atoms with Crippen LogP contribution in [0.3, 0.4) is 0 Å². The quantitative estimate of drug-likeness (QED) is 0.388. The summed E-state index contributed by atoms with van der Waals surface area (Å²) in [4.78, 5) is 20.5. The Bertz CT molecular complexity index is 1420. The first-order chi connectivity index (χ1) is 14.8. The van der Waals surface area contributed by atoms with Gasteiger partial charge in [-0.2, -0.15) is 0 Å². The highest BCUT2D eigenvalue weighted by Crippen LogP contribution is 2.33. The maximum atomic E-state index is 12.9. The lowest BCUT2D eigenvalue weighted by atomic mass is 10.2. The van der Waals surface area contributed by atoms with Crippen molar-refractivity contribution in [2.24, 2.45) is 0 Å². The van der Waals surface area contributed by atoms with Crippen molar-refractivity contribution in [3.05, 3.63) is 35.0 Å². The van der Waals surface area contributed by atoms with Crippen LogP contribution in [0.25, 0.3) is 28.2 Å². The predicted octanol–water partition coefficient (Wildman–Crippen LogP) is 1.80. The normalized spacial score (nSPS) is 12.1. The average Bonchev–Trinajstić information content (AvgIpc) is 3.39. The van der Waals surface area contributed by atoms with Crippen molar-refractivity contribution < 1.29 is 17.9 Å². The number of nitrogens with one attached hydrogen (secondary N) is 1. The van der Waals surface area contributed by atoms with E-state index in [-0.39, 0.29) is 23.7 Å². The summed E-state index contributed by atoms with van der Waals surface area (Å²) in [6, 6.07) is 4.27. The van der Waals surface area contributed by atoms with Crippen molar-refractivity contribution in [3.8, 4) is 17.1 Å². The number of aromatic nitrogens is 6. The van der Waals surface area contributed by atoms with E-state index in [9.17, 15) is 13.2 Å². The van der Waals surface area contributed by atoms with Gasteiger partial charge in [0.1, 0.15) is 23.4 Å². The molecule has 0 aliphatic heterocycles. The number of hydrogen-bond donors (Lipinski definition) is 1. The van der Waals surface area contributed by atoms with Crippen molar-refractivity contribution in [1.82, 2.24) is 29.1 Å². The fraction of sp³-hybridized carbons (Fsp3) is 0.333. The molecule has 11 nitrogen and oxygen atoms in total. The van der Waals surface area contributed by atoms with Gasteiger partial charge < -0.3 is 14.5 Å². The number of hydrogen-bond acceptors (Lipinski definition) is 8. The van der Waals surface area contributed by atoms with Crippen LogP contribution in [0.15, 0.2) is 34.2 Å². The molecule has 0 saturated heterocycles. The molecule has 3 heterocycles. The second kappa shape index (κ2) is 8.29. The lowest BCUT2D eigenvalue weighted by Crippen LogP contribution is -2.28. The molecule has 3 aromatic heterocycles. The maximum Gasteiger partial charge on any atom is 0.337 e. The third-order valence-electron chi connectivity index (χ3n) is 4.62. The largest absolute Gasteiger partial charge is 0.493 e. The molecule has 0 amide bonds. The molecule has 0 unspecified atom stereocenters. The van der Waals surface area contributed by atoms with Crippen molar-refractivity contribution in [2.75, 3.05) is 20.3 Å². The maximum absolute atomic E-state index is 12.9. The molecule has 0 saturated carbocycles. The number of aromatic amines is 1. The van der Waals surface area contributed by atoms with Crippen molar-refractivity contribution >= 4 is 36.5 Å². The molecule has 0 atom stereocenters. The topological polar surface area (TPSA) is 133 Å². The number of methoxy groups -OCH3 is 1. The van der Waals surface area contributed by atoms with E-state index in [0.717, 1.165) is 6.42 Å². The summed E-state index contributed by atoms with van der Waals surface area (Å²) >= 11 is 0. The Morgan fingerprint density at radius 3 is 2.74 bits per heavy atom. The summed E-state index contributed by atoms with van der Waals surface area (Å²) in [5, 5.41) is 7.83. The number of benzene rings is 1. The number of nitrogens with zero attached hydrogens (tertiary/aromatic N) is 5. The van der Waals surface area contributed by atoms with Gasteiger partial charge in [0.25, 0.3) is 9.05 Å². The third-order valence-corrected chi connectivity index (χ3v) is 5.97. The minimum absolute atomic E-state index is 0.0992. The number of ether oxygens (including phenoxy) is 2. The lowest BCUT2D eigenvalue weighted by Gasteiger charge is -2.10. The number of fused-ring (bicyclic) bond motifs is 3. The standard InChI is InChI=1S/C18H19ClN6O5S/c1-3-7-30-13-5-4-11(31(19,27)28)9-12(13)15-21-14-16(22-15)24(6-8-29-2)18(26)25-10-20-23-17(14)25/h4-5,9-10H,3,6-8H2,1-2H3,(H,21,22). The van der Waals surface area contributed by atoms with E-state index >= 15 is 0 Å². The van der Waals surface area contributed by atoms with Gasteiger partial charge in [0.15, 0.2) is 11.3 Å². The van der Waals surface area contributed by atoms with Crippen molar-refractivity contribution in [1.29, 1.82) is 0 Å². The molecular weight excluding hydrogens is 448 g/mol. The zero-order valence-corrected chi connectivity index (χ0v) is 18.3. The van der Waals surface area contributed by atoms with E-state index in [1.165, 1.54) is 40.6 Å². The molecule has 0 spiro atoms. The van der Waals surface area contributed by atoms with E-state index in [4.69, 9.17) is 20.2 Å². The minimum atomic E-state index is -3.98. The molecule has 0 bridgehead atoms. The van der Waals surface area contributed by atoms with Gasteiger partial charge in [-0.25, -0.2) is 22.6 Å². The molecule has 4 aromatic rings. The molecule has 0 radical (unpaired) electrons. The summed E-state index contributed by atoms with van der Waals surface area (Å²) in [6.07, 6.45) is 2.07. The van der Waals surface area contributed by atoms with Gasteiger partial charge in [-0.1, -0.05) is 6.92 Å². The molecule has 1 aromatic carbocycles. The van der Waals surface area contributed by atoms with Crippen LogP contribution in [0.5, 0.6) is 5.75 Å². The molecule has 0 aliphatic rings. The van der Waals surface area contributed by atoms with Gasteiger partial charge in [-0.3, -0.25) is 4.57 Å². The van der Waals surface area contributed by atoms with E-state index < -0.39 is 9.05 Å². The summed E-state index contributed by atoms with van der Waals surface area (Å²) in [7, 11) is 3.10. The van der Waals surface area contributed by atoms with Crippen LogP contribution in [0.4, 0.5) is 0 Å². The molecule has 1 N–H and O–H groups in total. The van der Waals surface area contributed by atoms with Crippen LogP contribution in [-0.4, -0.2) is 57.9 Å². The van der Waals surface area contributed by atoms with Crippen molar-refractivity contribution in [3.63, 3.8) is 0 Å². The van der Waals surface area contributed by atoms with E-state index in [1.54, 1.807) is 0 Å². The second-order valence-corrected chi connectivity index (χ2v) is 9.25. The van der Waals surface area contributed by atoms with Crippen LogP contribution in [-0.2, 0) is 20.3 Å². The predicted molar refractivity (Wildman–Crippen MR) is 113 cm³/mol. The first-order valence-corrected chi connectivity index (χ1v) is 11.7. The Labute approximate surface area is 181 Å². The fourth-order valence-corrected chi connectivity index (χ4v) is 3.95. The first kappa shape index (κ1) is 21.3. The molecule has 4 rings (SSSR count). The average molecular weight is 467 g/mol. The number of H-pyrrole nitrogens is 1. The monoisotopic (exact) mass is 466 g/mol. The Hall–Kier alpha value is -2.96. The van der Waals surface area contributed by atoms with Crippen LogP contribution < -0.4 is 10.4 Å². The van der Waals surface area contributed by atoms with E-state index in [2.05, 4.69) is 20.2 Å². The summed E-state index contributed by atoms with van der Waals surface area (Å²) in [5.41, 5.74) is 1.10. The van der Waals surface area contributed by atoms with Crippen LogP contribution in [0.1, 0.15) is 13.3 Å². The summed E-state index contributed by atoms with van der Waals surface area (Å²) < 4.78 is 37.4. The van der Waals surface area contributed by atoms with Gasteiger partial charge in [0, 0.05) is 17.8 Å². The van der Waals surface area contributed by atoms with Crippen molar-refractivity contribution in [2.45, 2.75) is 24.8 Å². The number of imidazole rings is 1. The molecule has 0 aliphatic carbocycles. The Morgan fingerprint density at radius 2 is 2.03 bits per heavy atom. The van der Waals surface area contributed by atoms with Gasteiger partial charge in [-0.05, 0) is 24.6 Å².